The maximum Gasteiger partial charge on any atom is 0.407 e. The first-order valence-corrected chi connectivity index (χ1v) is 11.3. The van der Waals surface area contributed by atoms with Gasteiger partial charge in [-0.05, 0) is 30.5 Å². The molecule has 0 saturated carbocycles. The van der Waals surface area contributed by atoms with Crippen molar-refractivity contribution in [2.45, 2.75) is 30.4 Å². The number of carbonyl (C=O) groups is 1. The fourth-order valence-electron chi connectivity index (χ4n) is 3.09. The molecule has 9 heteroatoms. The van der Waals surface area contributed by atoms with E-state index in [9.17, 15) is 13.2 Å². The molecule has 2 aromatic carbocycles. The lowest BCUT2D eigenvalue weighted by Crippen LogP contribution is -2.42. The van der Waals surface area contributed by atoms with Gasteiger partial charge in [-0.2, -0.15) is 4.31 Å². The highest BCUT2D eigenvalue weighted by Gasteiger charge is 2.28. The zero-order chi connectivity index (χ0) is 21.4. The van der Waals surface area contributed by atoms with Gasteiger partial charge in [0.25, 0.3) is 0 Å². The van der Waals surface area contributed by atoms with Crippen LogP contribution in [-0.2, 0) is 21.4 Å². The molecule has 0 aliphatic carbocycles. The third kappa shape index (κ3) is 6.19. The van der Waals surface area contributed by atoms with Gasteiger partial charge in [-0.15, -0.1) is 0 Å². The van der Waals surface area contributed by atoms with Crippen LogP contribution in [0.5, 0.6) is 5.75 Å². The highest BCUT2D eigenvalue weighted by atomic mass is 32.2. The number of nitrogens with two attached hydrogens (primary N) is 1. The second-order valence-corrected chi connectivity index (χ2v) is 8.99. The quantitative estimate of drug-likeness (QED) is 0.617. The zero-order valence-corrected chi connectivity index (χ0v) is 17.5. The van der Waals surface area contributed by atoms with Gasteiger partial charge < -0.3 is 20.5 Å². The first kappa shape index (κ1) is 22.1. The lowest BCUT2D eigenvalue weighted by molar-refractivity contribution is 0.137. The molecule has 0 unspecified atom stereocenters. The van der Waals surface area contributed by atoms with Crippen LogP contribution in [-0.4, -0.2) is 51.1 Å². The second kappa shape index (κ2) is 10.4. The van der Waals surface area contributed by atoms with E-state index in [1.165, 1.54) is 10.4 Å². The number of nitrogens with one attached hydrogen (secondary N) is 1. The molecule has 0 radical (unpaired) electrons. The molecule has 0 spiro atoms. The lowest BCUT2D eigenvalue weighted by Gasteiger charge is -2.29. The molecular weight excluding hydrogens is 406 g/mol. The fraction of sp³-hybridized carbons (Fsp3) is 0.381. The number of benzene rings is 2. The van der Waals surface area contributed by atoms with Crippen LogP contribution in [0.25, 0.3) is 0 Å². The van der Waals surface area contributed by atoms with Gasteiger partial charge in [0.05, 0.1) is 11.4 Å². The molecule has 30 heavy (non-hydrogen) atoms. The highest BCUT2D eigenvalue weighted by Crippen LogP contribution is 2.23. The summed E-state index contributed by atoms with van der Waals surface area (Å²) in [6.07, 6.45) is 0.769. The molecule has 1 heterocycles. The van der Waals surface area contributed by atoms with Gasteiger partial charge in [0.15, 0.2) is 0 Å². The van der Waals surface area contributed by atoms with Gasteiger partial charge in [0, 0.05) is 25.2 Å². The van der Waals surface area contributed by atoms with Gasteiger partial charge in [0.2, 0.25) is 10.0 Å². The van der Waals surface area contributed by atoms with E-state index >= 15 is 0 Å². The van der Waals surface area contributed by atoms with E-state index in [2.05, 4.69) is 5.32 Å². The minimum atomic E-state index is -3.58. The summed E-state index contributed by atoms with van der Waals surface area (Å²) in [5.74, 6) is 0.421. The number of alkyl carbamates (subject to hydrolysis) is 1. The smallest absolute Gasteiger partial charge is 0.407 e. The zero-order valence-electron chi connectivity index (χ0n) is 16.7. The van der Waals surface area contributed by atoms with Crippen LogP contribution in [0.4, 0.5) is 4.79 Å². The largest absolute Gasteiger partial charge is 0.492 e. The summed E-state index contributed by atoms with van der Waals surface area (Å²) in [6, 6.07) is 15.8. The van der Waals surface area contributed by atoms with E-state index in [1.807, 2.05) is 30.3 Å². The summed E-state index contributed by atoms with van der Waals surface area (Å²) in [5.41, 5.74) is 6.76. The molecule has 1 aliphatic rings. The van der Waals surface area contributed by atoms with Gasteiger partial charge in [0.1, 0.15) is 19.0 Å². The van der Waals surface area contributed by atoms with Gasteiger partial charge in [-0.3, -0.25) is 0 Å². The van der Waals surface area contributed by atoms with Crippen LogP contribution in [0.3, 0.4) is 0 Å². The molecular formula is C21H27N3O5S. The van der Waals surface area contributed by atoms with E-state index in [1.54, 1.807) is 18.2 Å². The number of nitrogens with zero attached hydrogens (tertiary/aromatic N) is 1. The molecule has 1 fully saturated rings. The highest BCUT2D eigenvalue weighted by molar-refractivity contribution is 7.89. The number of ether oxygens (including phenoxy) is 2. The SMILES string of the molecule is NC1CCN(S(=O)(=O)c2cccc(OCCNC(=O)OCc3ccccc3)c2)CC1. The van der Waals surface area contributed by atoms with Crippen LogP contribution in [0.1, 0.15) is 18.4 Å². The number of amides is 1. The van der Waals surface area contributed by atoms with Crippen LogP contribution in [0, 0.1) is 0 Å². The average Bonchev–Trinajstić information content (AvgIpc) is 2.76. The Bertz CT molecular complexity index is 929. The number of hydrogen-bond donors (Lipinski definition) is 2. The van der Waals surface area contributed by atoms with Crippen molar-refractivity contribution in [3.8, 4) is 5.75 Å². The normalized spacial score (nSPS) is 15.5. The molecule has 1 saturated heterocycles. The van der Waals surface area contributed by atoms with E-state index in [4.69, 9.17) is 15.2 Å². The van der Waals surface area contributed by atoms with Crippen molar-refractivity contribution in [3.05, 3.63) is 60.2 Å². The monoisotopic (exact) mass is 433 g/mol. The number of carbonyl (C=O) groups excluding carboxylic acids is 1. The summed E-state index contributed by atoms with van der Waals surface area (Å²) in [6.45, 7) is 1.44. The number of rotatable bonds is 8. The van der Waals surface area contributed by atoms with Crippen molar-refractivity contribution in [3.63, 3.8) is 0 Å². The van der Waals surface area contributed by atoms with Crippen LogP contribution in [0.2, 0.25) is 0 Å². The summed E-state index contributed by atoms with van der Waals surface area (Å²) < 4.78 is 37.8. The Morgan fingerprint density at radius 3 is 2.57 bits per heavy atom. The molecule has 3 rings (SSSR count). The maximum absolute atomic E-state index is 12.8. The molecule has 0 bridgehead atoms. The lowest BCUT2D eigenvalue weighted by atomic mass is 10.1. The Kier molecular flexibility index (Phi) is 7.67. The Labute approximate surface area is 177 Å². The third-order valence-corrected chi connectivity index (χ3v) is 6.69. The van der Waals surface area contributed by atoms with Crippen molar-refractivity contribution in [2.24, 2.45) is 5.73 Å². The molecule has 8 nitrogen and oxygen atoms in total. The first-order valence-electron chi connectivity index (χ1n) is 9.88. The number of piperidine rings is 1. The van der Waals surface area contributed by atoms with E-state index in [0.29, 0.717) is 31.7 Å². The molecule has 1 amide bonds. The standard InChI is InChI=1S/C21H27N3O5S/c22-18-9-12-24(13-10-18)30(26,27)20-8-4-7-19(15-20)28-14-11-23-21(25)29-16-17-5-2-1-3-6-17/h1-8,15,18H,9-14,16,22H2,(H,23,25). The molecule has 0 atom stereocenters. The molecule has 3 N–H and O–H groups in total. The molecule has 162 valence electrons. The second-order valence-electron chi connectivity index (χ2n) is 7.05. The van der Waals surface area contributed by atoms with E-state index < -0.39 is 16.1 Å². The summed E-state index contributed by atoms with van der Waals surface area (Å²) in [4.78, 5) is 11.9. The van der Waals surface area contributed by atoms with Crippen molar-refractivity contribution < 1.29 is 22.7 Å². The van der Waals surface area contributed by atoms with Crippen molar-refractivity contribution >= 4 is 16.1 Å². The van der Waals surface area contributed by atoms with Crippen LogP contribution < -0.4 is 15.8 Å². The van der Waals surface area contributed by atoms with Gasteiger partial charge in [-0.1, -0.05) is 36.4 Å². The number of sulfonamides is 1. The van der Waals surface area contributed by atoms with Gasteiger partial charge in [-0.25, -0.2) is 13.2 Å². The van der Waals surface area contributed by atoms with Crippen molar-refractivity contribution in [1.82, 2.24) is 9.62 Å². The summed E-state index contributed by atoms with van der Waals surface area (Å²) in [7, 11) is -3.58. The van der Waals surface area contributed by atoms with Crippen LogP contribution in [0.15, 0.2) is 59.5 Å². The Morgan fingerprint density at radius 1 is 1.10 bits per heavy atom. The minimum Gasteiger partial charge on any atom is -0.492 e. The van der Waals surface area contributed by atoms with Crippen molar-refractivity contribution in [1.29, 1.82) is 0 Å². The van der Waals surface area contributed by atoms with Gasteiger partial charge >= 0.3 is 6.09 Å². The topological polar surface area (TPSA) is 111 Å². The fourth-order valence-corrected chi connectivity index (χ4v) is 4.59. The predicted octanol–water partition coefficient (Wildman–Crippen LogP) is 2.10. The molecule has 1 aliphatic heterocycles. The Balaban J connectivity index is 1.44. The molecule has 2 aromatic rings. The first-order chi connectivity index (χ1) is 14.4. The van der Waals surface area contributed by atoms with Crippen LogP contribution >= 0.6 is 0 Å². The average molecular weight is 434 g/mol. The summed E-state index contributed by atoms with van der Waals surface area (Å²) in [5, 5.41) is 2.60. The molecule has 0 aromatic heterocycles. The third-order valence-electron chi connectivity index (χ3n) is 4.79. The maximum atomic E-state index is 12.8. The van der Waals surface area contributed by atoms with E-state index in [0.717, 1.165) is 5.56 Å². The van der Waals surface area contributed by atoms with Crippen molar-refractivity contribution in [2.75, 3.05) is 26.2 Å². The summed E-state index contributed by atoms with van der Waals surface area (Å²) >= 11 is 0. The Hall–Kier alpha value is -2.62. The minimum absolute atomic E-state index is 0.0537. The van der Waals surface area contributed by atoms with E-state index in [-0.39, 0.29) is 30.7 Å². The Morgan fingerprint density at radius 2 is 1.83 bits per heavy atom. The predicted molar refractivity (Wildman–Crippen MR) is 113 cm³/mol. The number of hydrogen-bond acceptors (Lipinski definition) is 6.